The Morgan fingerprint density at radius 1 is 0.812 bits per heavy atom. The van der Waals surface area contributed by atoms with Gasteiger partial charge in [-0.2, -0.15) is 18.3 Å². The summed E-state index contributed by atoms with van der Waals surface area (Å²) in [7, 11) is 0. The zero-order valence-corrected chi connectivity index (χ0v) is 16.5. The van der Waals surface area contributed by atoms with Crippen LogP contribution in [0.5, 0.6) is 0 Å². The molecule has 4 rings (SSSR count). The molecule has 3 N–H and O–H groups in total. The Morgan fingerprint density at radius 2 is 1.47 bits per heavy atom. The zero-order valence-electron chi connectivity index (χ0n) is 16.5. The fourth-order valence-corrected chi connectivity index (χ4v) is 3.01. The van der Waals surface area contributed by atoms with E-state index in [4.69, 9.17) is 0 Å². The summed E-state index contributed by atoms with van der Waals surface area (Å²) < 4.78 is 41.5. The zero-order chi connectivity index (χ0) is 22.6. The molecular formula is C22H17F3N6O. The van der Waals surface area contributed by atoms with Gasteiger partial charge in [-0.1, -0.05) is 24.3 Å². The van der Waals surface area contributed by atoms with Gasteiger partial charge < -0.3 is 16.0 Å². The number of hydrogen-bond acceptors (Lipinski definition) is 4. The lowest BCUT2D eigenvalue weighted by Crippen LogP contribution is -2.20. The van der Waals surface area contributed by atoms with Gasteiger partial charge in [-0.3, -0.25) is 0 Å². The van der Waals surface area contributed by atoms with E-state index >= 15 is 0 Å². The first kappa shape index (κ1) is 20.9. The molecule has 3 aromatic carbocycles. The Balaban J connectivity index is 1.47. The summed E-state index contributed by atoms with van der Waals surface area (Å²) >= 11 is 0. The summed E-state index contributed by atoms with van der Waals surface area (Å²) in [4.78, 5) is 16.3. The van der Waals surface area contributed by atoms with E-state index in [1.165, 1.54) is 24.5 Å². The van der Waals surface area contributed by atoms with Gasteiger partial charge in [0, 0.05) is 5.69 Å². The van der Waals surface area contributed by atoms with Crippen LogP contribution in [0.4, 0.5) is 40.7 Å². The minimum Gasteiger partial charge on any atom is -0.353 e. The lowest BCUT2D eigenvalue weighted by atomic mass is 10.1. The number of alkyl halides is 3. The number of hydrogen-bond donors (Lipinski definition) is 3. The second kappa shape index (κ2) is 8.80. The molecule has 0 unspecified atom stereocenters. The van der Waals surface area contributed by atoms with Crippen LogP contribution in [0.25, 0.3) is 5.69 Å². The van der Waals surface area contributed by atoms with Crippen LogP contribution in [0.1, 0.15) is 5.56 Å². The van der Waals surface area contributed by atoms with E-state index < -0.39 is 17.8 Å². The van der Waals surface area contributed by atoms with Crippen molar-refractivity contribution in [3.05, 3.63) is 91.0 Å². The standard InChI is InChI=1S/C22H17F3N6O/c23-22(24,25)17-5-1-2-6-18(17)29-19-7-3-4-8-20(19)30-21(32)28-15-9-11-16(12-10-15)31-14-26-13-27-31/h1-14,29H,(H2,28,30,32). The van der Waals surface area contributed by atoms with Crippen LogP contribution in [0.2, 0.25) is 0 Å². The lowest BCUT2D eigenvalue weighted by Gasteiger charge is -2.17. The maximum Gasteiger partial charge on any atom is 0.418 e. The molecule has 0 spiro atoms. The molecule has 0 fully saturated rings. The number of benzene rings is 3. The molecular weight excluding hydrogens is 421 g/mol. The lowest BCUT2D eigenvalue weighted by molar-refractivity contribution is -0.136. The van der Waals surface area contributed by atoms with Crippen molar-refractivity contribution < 1.29 is 18.0 Å². The largest absolute Gasteiger partial charge is 0.418 e. The van der Waals surface area contributed by atoms with Gasteiger partial charge in [-0.05, 0) is 48.5 Å². The van der Waals surface area contributed by atoms with E-state index in [-0.39, 0.29) is 5.69 Å². The first-order valence-corrected chi connectivity index (χ1v) is 9.45. The van der Waals surface area contributed by atoms with Crippen molar-refractivity contribution in [2.75, 3.05) is 16.0 Å². The number of nitrogens with zero attached hydrogens (tertiary/aromatic N) is 3. The van der Waals surface area contributed by atoms with Crippen molar-refractivity contribution in [1.29, 1.82) is 0 Å². The Bertz CT molecular complexity index is 1210. The minimum absolute atomic E-state index is 0.113. The number of aromatic nitrogens is 3. The normalized spacial score (nSPS) is 11.1. The van der Waals surface area contributed by atoms with Crippen LogP contribution >= 0.6 is 0 Å². The molecule has 0 aliphatic carbocycles. The molecule has 0 atom stereocenters. The average Bonchev–Trinajstić information content (AvgIpc) is 3.30. The number of amides is 2. The van der Waals surface area contributed by atoms with Crippen molar-refractivity contribution in [3.63, 3.8) is 0 Å². The van der Waals surface area contributed by atoms with Crippen molar-refractivity contribution in [3.8, 4) is 5.69 Å². The molecule has 162 valence electrons. The van der Waals surface area contributed by atoms with Crippen LogP contribution in [0.15, 0.2) is 85.5 Å². The Morgan fingerprint density at radius 3 is 2.12 bits per heavy atom. The van der Waals surface area contributed by atoms with E-state index in [2.05, 4.69) is 26.0 Å². The molecule has 4 aromatic rings. The summed E-state index contributed by atoms with van der Waals surface area (Å²) in [6, 6.07) is 18.0. The molecule has 10 heteroatoms. The number of anilines is 4. The predicted octanol–water partition coefficient (Wildman–Crippen LogP) is 5.67. The Kier molecular flexibility index (Phi) is 5.75. The highest BCUT2D eigenvalue weighted by molar-refractivity contribution is 6.02. The second-order valence-corrected chi connectivity index (χ2v) is 6.68. The molecule has 2 amide bonds. The fourth-order valence-electron chi connectivity index (χ4n) is 3.01. The molecule has 0 bridgehead atoms. The van der Waals surface area contributed by atoms with Crippen LogP contribution in [-0.2, 0) is 6.18 Å². The number of carbonyl (C=O) groups is 1. The molecule has 0 radical (unpaired) electrons. The number of nitrogens with one attached hydrogen (secondary N) is 3. The third-order valence-electron chi connectivity index (χ3n) is 4.49. The number of para-hydroxylation sites is 3. The molecule has 0 aliphatic rings. The van der Waals surface area contributed by atoms with E-state index in [9.17, 15) is 18.0 Å². The monoisotopic (exact) mass is 438 g/mol. The Hall–Kier alpha value is -4.34. The number of halogens is 3. The minimum atomic E-state index is -4.51. The van der Waals surface area contributed by atoms with Gasteiger partial charge in [-0.15, -0.1) is 0 Å². The van der Waals surface area contributed by atoms with Crippen LogP contribution < -0.4 is 16.0 Å². The third kappa shape index (κ3) is 4.86. The third-order valence-corrected chi connectivity index (χ3v) is 4.49. The maximum absolute atomic E-state index is 13.3. The first-order chi connectivity index (χ1) is 15.4. The maximum atomic E-state index is 13.3. The molecule has 1 aromatic heterocycles. The number of rotatable bonds is 5. The summed E-state index contributed by atoms with van der Waals surface area (Å²) in [5.74, 6) is 0. The summed E-state index contributed by atoms with van der Waals surface area (Å²) in [6.07, 6.45) is -1.55. The van der Waals surface area contributed by atoms with Gasteiger partial charge in [0.05, 0.1) is 28.3 Å². The molecule has 32 heavy (non-hydrogen) atoms. The molecule has 0 aliphatic heterocycles. The van der Waals surface area contributed by atoms with Crippen LogP contribution in [0.3, 0.4) is 0 Å². The smallest absolute Gasteiger partial charge is 0.353 e. The second-order valence-electron chi connectivity index (χ2n) is 6.68. The highest BCUT2D eigenvalue weighted by Crippen LogP contribution is 2.37. The van der Waals surface area contributed by atoms with E-state index in [0.717, 1.165) is 11.8 Å². The topological polar surface area (TPSA) is 83.9 Å². The van der Waals surface area contributed by atoms with Gasteiger partial charge in [0.15, 0.2) is 0 Å². The van der Waals surface area contributed by atoms with Crippen molar-refractivity contribution in [1.82, 2.24) is 14.8 Å². The SMILES string of the molecule is O=C(Nc1ccc(-n2cncn2)cc1)Nc1ccccc1Nc1ccccc1C(F)(F)F. The van der Waals surface area contributed by atoms with Gasteiger partial charge >= 0.3 is 12.2 Å². The van der Waals surface area contributed by atoms with Gasteiger partial charge in [-0.25, -0.2) is 14.5 Å². The van der Waals surface area contributed by atoms with Crippen LogP contribution in [-0.4, -0.2) is 20.8 Å². The highest BCUT2D eigenvalue weighted by atomic mass is 19.4. The quantitative estimate of drug-likeness (QED) is 0.375. The summed E-state index contributed by atoms with van der Waals surface area (Å²) in [6.45, 7) is 0. The van der Waals surface area contributed by atoms with Crippen molar-refractivity contribution >= 4 is 28.8 Å². The van der Waals surface area contributed by atoms with Crippen molar-refractivity contribution in [2.24, 2.45) is 0 Å². The fraction of sp³-hybridized carbons (Fsp3) is 0.0455. The van der Waals surface area contributed by atoms with E-state index in [1.807, 2.05) is 0 Å². The number of carbonyl (C=O) groups excluding carboxylic acids is 1. The van der Waals surface area contributed by atoms with Gasteiger partial charge in [0.2, 0.25) is 0 Å². The number of urea groups is 1. The Labute approximate surface area is 180 Å². The summed E-state index contributed by atoms with van der Waals surface area (Å²) in [5.41, 5.74) is 1.03. The van der Waals surface area contributed by atoms with Gasteiger partial charge in [0.1, 0.15) is 12.7 Å². The highest BCUT2D eigenvalue weighted by Gasteiger charge is 2.33. The van der Waals surface area contributed by atoms with Gasteiger partial charge in [0.25, 0.3) is 0 Å². The molecule has 1 heterocycles. The van der Waals surface area contributed by atoms with E-state index in [0.29, 0.717) is 17.1 Å². The van der Waals surface area contributed by atoms with Crippen molar-refractivity contribution in [2.45, 2.75) is 6.18 Å². The summed E-state index contributed by atoms with van der Waals surface area (Å²) in [5, 5.41) is 12.1. The first-order valence-electron chi connectivity index (χ1n) is 9.45. The average molecular weight is 438 g/mol. The molecule has 7 nitrogen and oxygen atoms in total. The predicted molar refractivity (Wildman–Crippen MR) is 115 cm³/mol. The molecule has 0 saturated carbocycles. The van der Waals surface area contributed by atoms with E-state index in [1.54, 1.807) is 59.5 Å². The molecule has 0 saturated heterocycles. The van der Waals surface area contributed by atoms with Crippen LogP contribution in [0, 0.1) is 0 Å².